The highest BCUT2D eigenvalue weighted by atomic mass is 16.2. The number of hydrogen-bond acceptors (Lipinski definition) is 2. The maximum atomic E-state index is 11.8. The van der Waals surface area contributed by atoms with Crippen molar-refractivity contribution in [2.24, 2.45) is 0 Å². The molecule has 96 valence electrons. The average molecular weight is 246 g/mol. The fourth-order valence-electron chi connectivity index (χ4n) is 2.08. The number of benzene rings is 1. The first-order valence-electron chi connectivity index (χ1n) is 6.19. The Morgan fingerprint density at radius 2 is 2.00 bits per heavy atom. The molecule has 0 bridgehead atoms. The topological polar surface area (TPSA) is 58.2 Å². The Hall–Kier alpha value is -1.84. The number of nitrogens with one attached hydrogen (secondary N) is 2. The average Bonchev–Trinajstić information content (AvgIpc) is 2.27. The summed E-state index contributed by atoms with van der Waals surface area (Å²) in [4.78, 5) is 23.0. The predicted octanol–water partition coefficient (Wildman–Crippen LogP) is 2.95. The Morgan fingerprint density at radius 3 is 2.56 bits per heavy atom. The van der Waals surface area contributed by atoms with E-state index in [0.29, 0.717) is 11.3 Å². The third kappa shape index (κ3) is 2.88. The fourth-order valence-corrected chi connectivity index (χ4v) is 2.08. The van der Waals surface area contributed by atoms with Gasteiger partial charge in [-0.05, 0) is 45.2 Å². The molecule has 0 saturated heterocycles. The largest absolute Gasteiger partial charge is 0.333 e. The number of ketones is 1. The van der Waals surface area contributed by atoms with Crippen molar-refractivity contribution in [1.29, 1.82) is 0 Å². The molecule has 0 heterocycles. The van der Waals surface area contributed by atoms with Crippen LogP contribution < -0.4 is 10.6 Å². The number of rotatable bonds is 3. The molecule has 2 amide bonds. The molecular weight excluding hydrogens is 228 g/mol. The van der Waals surface area contributed by atoms with Crippen LogP contribution in [0.2, 0.25) is 0 Å². The SMILES string of the molecule is CC(=O)c1cccc(NC(=O)NC2(C)CCC2)c1. The van der Waals surface area contributed by atoms with Crippen molar-refractivity contribution in [2.45, 2.75) is 38.6 Å². The summed E-state index contributed by atoms with van der Waals surface area (Å²) in [5.41, 5.74) is 1.17. The molecule has 18 heavy (non-hydrogen) atoms. The lowest BCUT2D eigenvalue weighted by Gasteiger charge is -2.39. The van der Waals surface area contributed by atoms with Gasteiger partial charge in [0.05, 0.1) is 0 Å². The summed E-state index contributed by atoms with van der Waals surface area (Å²) in [6, 6.07) is 6.74. The van der Waals surface area contributed by atoms with Gasteiger partial charge < -0.3 is 10.6 Å². The smallest absolute Gasteiger partial charge is 0.319 e. The molecule has 1 aromatic rings. The Bertz CT molecular complexity index is 478. The highest BCUT2D eigenvalue weighted by Crippen LogP contribution is 2.30. The second-order valence-corrected chi connectivity index (χ2v) is 5.13. The third-order valence-electron chi connectivity index (χ3n) is 3.40. The second kappa shape index (κ2) is 4.80. The van der Waals surface area contributed by atoms with Crippen molar-refractivity contribution in [3.63, 3.8) is 0 Å². The van der Waals surface area contributed by atoms with E-state index in [-0.39, 0.29) is 17.4 Å². The van der Waals surface area contributed by atoms with E-state index in [1.165, 1.54) is 6.92 Å². The van der Waals surface area contributed by atoms with Gasteiger partial charge in [0.2, 0.25) is 0 Å². The lowest BCUT2D eigenvalue weighted by atomic mass is 9.79. The standard InChI is InChI=1S/C14H18N2O2/c1-10(17)11-5-3-6-12(9-11)15-13(18)16-14(2)7-4-8-14/h3,5-6,9H,4,7-8H2,1-2H3,(H2,15,16,18). The summed E-state index contributed by atoms with van der Waals surface area (Å²) >= 11 is 0. The first-order chi connectivity index (χ1) is 8.48. The van der Waals surface area contributed by atoms with Gasteiger partial charge in [-0.3, -0.25) is 4.79 Å². The maximum absolute atomic E-state index is 11.8. The zero-order chi connectivity index (χ0) is 13.2. The van der Waals surface area contributed by atoms with Gasteiger partial charge in [-0.1, -0.05) is 12.1 Å². The first-order valence-corrected chi connectivity index (χ1v) is 6.19. The van der Waals surface area contributed by atoms with Gasteiger partial charge in [-0.25, -0.2) is 4.79 Å². The van der Waals surface area contributed by atoms with Crippen LogP contribution in [-0.2, 0) is 0 Å². The Morgan fingerprint density at radius 1 is 1.28 bits per heavy atom. The van der Waals surface area contributed by atoms with Gasteiger partial charge in [-0.15, -0.1) is 0 Å². The number of carbonyl (C=O) groups excluding carboxylic acids is 2. The molecular formula is C14H18N2O2. The van der Waals surface area contributed by atoms with E-state index in [9.17, 15) is 9.59 Å². The van der Waals surface area contributed by atoms with Crippen molar-refractivity contribution in [1.82, 2.24) is 5.32 Å². The van der Waals surface area contributed by atoms with Crippen molar-refractivity contribution in [3.05, 3.63) is 29.8 Å². The van der Waals surface area contributed by atoms with Crippen LogP contribution in [0.5, 0.6) is 0 Å². The van der Waals surface area contributed by atoms with Crippen LogP contribution in [0.3, 0.4) is 0 Å². The molecule has 0 radical (unpaired) electrons. The van der Waals surface area contributed by atoms with Crippen LogP contribution in [-0.4, -0.2) is 17.4 Å². The molecule has 1 aromatic carbocycles. The Balaban J connectivity index is 1.98. The molecule has 2 N–H and O–H groups in total. The van der Waals surface area contributed by atoms with E-state index in [1.807, 2.05) is 6.92 Å². The van der Waals surface area contributed by atoms with Crippen LogP contribution in [0, 0.1) is 0 Å². The summed E-state index contributed by atoms with van der Waals surface area (Å²) < 4.78 is 0. The second-order valence-electron chi connectivity index (χ2n) is 5.13. The van der Waals surface area contributed by atoms with E-state index in [1.54, 1.807) is 24.3 Å². The van der Waals surface area contributed by atoms with Gasteiger partial charge in [-0.2, -0.15) is 0 Å². The zero-order valence-electron chi connectivity index (χ0n) is 10.7. The summed E-state index contributed by atoms with van der Waals surface area (Å²) in [6.07, 6.45) is 3.21. The molecule has 0 unspecified atom stereocenters. The van der Waals surface area contributed by atoms with Crippen molar-refractivity contribution < 1.29 is 9.59 Å². The number of amides is 2. The highest BCUT2D eigenvalue weighted by molar-refractivity contribution is 5.96. The van der Waals surface area contributed by atoms with Crippen LogP contribution in [0.15, 0.2) is 24.3 Å². The fraction of sp³-hybridized carbons (Fsp3) is 0.429. The van der Waals surface area contributed by atoms with Crippen LogP contribution in [0.25, 0.3) is 0 Å². The quantitative estimate of drug-likeness (QED) is 0.805. The molecule has 0 spiro atoms. The highest BCUT2D eigenvalue weighted by Gasteiger charge is 2.33. The molecule has 0 aliphatic heterocycles. The van der Waals surface area contributed by atoms with Gasteiger partial charge in [0.25, 0.3) is 0 Å². The third-order valence-corrected chi connectivity index (χ3v) is 3.40. The minimum Gasteiger partial charge on any atom is -0.333 e. The number of Topliss-reactive ketones (excluding diaryl/α,β-unsaturated/α-hetero) is 1. The van der Waals surface area contributed by atoms with Gasteiger partial charge in [0, 0.05) is 16.8 Å². The van der Waals surface area contributed by atoms with E-state index in [4.69, 9.17) is 0 Å². The minimum atomic E-state index is -0.210. The lowest BCUT2D eigenvalue weighted by Crippen LogP contribution is -2.52. The molecule has 1 aliphatic rings. The number of anilines is 1. The summed E-state index contributed by atoms with van der Waals surface area (Å²) in [5.74, 6) is -0.00925. The molecule has 0 aromatic heterocycles. The predicted molar refractivity (Wildman–Crippen MR) is 70.9 cm³/mol. The maximum Gasteiger partial charge on any atom is 0.319 e. The number of carbonyl (C=O) groups is 2. The molecule has 4 nitrogen and oxygen atoms in total. The normalized spacial score (nSPS) is 16.6. The Kier molecular flexibility index (Phi) is 3.36. The monoisotopic (exact) mass is 246 g/mol. The molecule has 4 heteroatoms. The minimum absolute atomic E-state index is 0.00925. The summed E-state index contributed by atoms with van der Waals surface area (Å²) in [5, 5.41) is 5.71. The molecule has 0 atom stereocenters. The zero-order valence-corrected chi connectivity index (χ0v) is 10.7. The van der Waals surface area contributed by atoms with Gasteiger partial charge in [0.15, 0.2) is 5.78 Å². The number of urea groups is 1. The molecule has 1 saturated carbocycles. The molecule has 2 rings (SSSR count). The van der Waals surface area contributed by atoms with Crippen LogP contribution >= 0.6 is 0 Å². The van der Waals surface area contributed by atoms with Crippen molar-refractivity contribution in [2.75, 3.05) is 5.32 Å². The van der Waals surface area contributed by atoms with Crippen molar-refractivity contribution in [3.8, 4) is 0 Å². The van der Waals surface area contributed by atoms with E-state index in [2.05, 4.69) is 10.6 Å². The summed E-state index contributed by atoms with van der Waals surface area (Å²) in [6.45, 7) is 3.55. The van der Waals surface area contributed by atoms with E-state index < -0.39 is 0 Å². The Labute approximate surface area is 107 Å². The molecule has 1 fully saturated rings. The van der Waals surface area contributed by atoms with E-state index >= 15 is 0 Å². The number of hydrogen-bond donors (Lipinski definition) is 2. The first kappa shape index (κ1) is 12.6. The summed E-state index contributed by atoms with van der Waals surface area (Å²) in [7, 11) is 0. The van der Waals surface area contributed by atoms with E-state index in [0.717, 1.165) is 19.3 Å². The van der Waals surface area contributed by atoms with Crippen LogP contribution in [0.1, 0.15) is 43.5 Å². The van der Waals surface area contributed by atoms with Crippen LogP contribution in [0.4, 0.5) is 10.5 Å². The lowest BCUT2D eigenvalue weighted by molar-refractivity contribution is 0.101. The van der Waals surface area contributed by atoms with Gasteiger partial charge >= 0.3 is 6.03 Å². The molecule has 1 aliphatic carbocycles. The van der Waals surface area contributed by atoms with Gasteiger partial charge in [0.1, 0.15) is 0 Å². The van der Waals surface area contributed by atoms with Crippen molar-refractivity contribution >= 4 is 17.5 Å².